The number of rotatable bonds is 7. The Balaban J connectivity index is 1.90. The van der Waals surface area contributed by atoms with Crippen molar-refractivity contribution in [2.24, 2.45) is 5.92 Å². The highest BCUT2D eigenvalue weighted by atomic mass is 16.5. The van der Waals surface area contributed by atoms with E-state index in [9.17, 15) is 5.11 Å². The number of ether oxygens (including phenoxy) is 1. The van der Waals surface area contributed by atoms with Gasteiger partial charge in [0.1, 0.15) is 0 Å². The number of aliphatic hydroxyl groups is 1. The Morgan fingerprint density at radius 2 is 2.14 bits per heavy atom. The molecule has 0 radical (unpaired) electrons. The van der Waals surface area contributed by atoms with Crippen molar-refractivity contribution in [2.75, 3.05) is 18.5 Å². The molecule has 0 amide bonds. The lowest BCUT2D eigenvalue weighted by molar-refractivity contribution is 0.00219. The van der Waals surface area contributed by atoms with Gasteiger partial charge in [-0.3, -0.25) is 0 Å². The third-order valence-corrected chi connectivity index (χ3v) is 4.43. The molecule has 0 atom stereocenters. The summed E-state index contributed by atoms with van der Waals surface area (Å²) in [6.45, 7) is 5.54. The quantitative estimate of drug-likeness (QED) is 0.806. The van der Waals surface area contributed by atoms with Crippen molar-refractivity contribution in [1.82, 2.24) is 4.98 Å². The zero-order valence-electron chi connectivity index (χ0n) is 13.3. The third-order valence-electron chi connectivity index (χ3n) is 4.43. The molecule has 21 heavy (non-hydrogen) atoms. The Morgan fingerprint density at radius 3 is 2.81 bits per heavy atom. The second-order valence-electron chi connectivity index (χ2n) is 6.13. The molecule has 0 aromatic carbocycles. The summed E-state index contributed by atoms with van der Waals surface area (Å²) in [5, 5.41) is 14.0. The van der Waals surface area contributed by atoms with Crippen LogP contribution in [0.1, 0.15) is 52.4 Å². The van der Waals surface area contributed by atoms with Crippen molar-refractivity contribution in [2.45, 2.75) is 58.0 Å². The SMILES string of the molecule is CCCOc1cccnc1NCC1(O)CCC(CC)CC1. The molecule has 1 fully saturated rings. The number of nitrogens with one attached hydrogen (secondary N) is 1. The van der Waals surface area contributed by atoms with E-state index in [0.29, 0.717) is 13.2 Å². The highest BCUT2D eigenvalue weighted by Crippen LogP contribution is 2.34. The first-order valence-electron chi connectivity index (χ1n) is 8.21. The zero-order chi connectivity index (χ0) is 15.1. The van der Waals surface area contributed by atoms with Crippen LogP contribution < -0.4 is 10.1 Å². The lowest BCUT2D eigenvalue weighted by atomic mass is 9.78. The topological polar surface area (TPSA) is 54.4 Å². The third kappa shape index (κ3) is 4.60. The van der Waals surface area contributed by atoms with Gasteiger partial charge in [0.05, 0.1) is 12.2 Å². The average Bonchev–Trinajstić information content (AvgIpc) is 2.52. The first-order valence-corrected chi connectivity index (χ1v) is 8.21. The predicted octanol–water partition coefficient (Wildman–Crippen LogP) is 3.61. The van der Waals surface area contributed by atoms with Gasteiger partial charge in [0.2, 0.25) is 0 Å². The number of anilines is 1. The molecule has 4 heteroatoms. The minimum Gasteiger partial charge on any atom is -0.490 e. The Kier molecular flexibility index (Phi) is 5.85. The summed E-state index contributed by atoms with van der Waals surface area (Å²) in [7, 11) is 0. The summed E-state index contributed by atoms with van der Waals surface area (Å²) < 4.78 is 5.69. The van der Waals surface area contributed by atoms with Crippen LogP contribution in [-0.4, -0.2) is 28.8 Å². The molecule has 0 saturated heterocycles. The molecule has 1 heterocycles. The van der Waals surface area contributed by atoms with Gasteiger partial charge in [-0.25, -0.2) is 4.98 Å². The van der Waals surface area contributed by atoms with Gasteiger partial charge in [0.15, 0.2) is 11.6 Å². The Bertz CT molecular complexity index is 429. The van der Waals surface area contributed by atoms with Crippen LogP contribution in [0.15, 0.2) is 18.3 Å². The van der Waals surface area contributed by atoms with E-state index < -0.39 is 5.60 Å². The Morgan fingerprint density at radius 1 is 1.38 bits per heavy atom. The van der Waals surface area contributed by atoms with Gasteiger partial charge in [-0.2, -0.15) is 0 Å². The van der Waals surface area contributed by atoms with Gasteiger partial charge in [-0.15, -0.1) is 0 Å². The number of pyridine rings is 1. The molecule has 1 aromatic heterocycles. The lowest BCUT2D eigenvalue weighted by Crippen LogP contribution is -2.40. The largest absolute Gasteiger partial charge is 0.490 e. The van der Waals surface area contributed by atoms with E-state index >= 15 is 0 Å². The molecule has 118 valence electrons. The molecule has 1 saturated carbocycles. The molecule has 4 nitrogen and oxygen atoms in total. The van der Waals surface area contributed by atoms with E-state index in [4.69, 9.17) is 4.74 Å². The van der Waals surface area contributed by atoms with Gasteiger partial charge in [0.25, 0.3) is 0 Å². The van der Waals surface area contributed by atoms with Crippen molar-refractivity contribution in [3.05, 3.63) is 18.3 Å². The highest BCUT2D eigenvalue weighted by molar-refractivity contribution is 5.49. The van der Waals surface area contributed by atoms with E-state index in [2.05, 4.69) is 24.1 Å². The highest BCUT2D eigenvalue weighted by Gasteiger charge is 2.32. The Hall–Kier alpha value is -1.29. The molecule has 0 aliphatic heterocycles. The lowest BCUT2D eigenvalue weighted by Gasteiger charge is -2.36. The fourth-order valence-electron chi connectivity index (χ4n) is 2.90. The first kappa shape index (κ1) is 16.1. The summed E-state index contributed by atoms with van der Waals surface area (Å²) in [4.78, 5) is 4.33. The zero-order valence-corrected chi connectivity index (χ0v) is 13.3. The van der Waals surface area contributed by atoms with Gasteiger partial charge >= 0.3 is 0 Å². The first-order chi connectivity index (χ1) is 10.2. The van der Waals surface area contributed by atoms with E-state index in [1.165, 1.54) is 6.42 Å². The minimum atomic E-state index is -0.606. The van der Waals surface area contributed by atoms with Crippen LogP contribution >= 0.6 is 0 Å². The maximum absolute atomic E-state index is 10.7. The Labute approximate surface area is 127 Å². The number of aromatic nitrogens is 1. The van der Waals surface area contributed by atoms with Crippen LogP contribution in [0.5, 0.6) is 5.75 Å². The normalized spacial score (nSPS) is 25.6. The average molecular weight is 292 g/mol. The molecule has 1 aliphatic carbocycles. The summed E-state index contributed by atoms with van der Waals surface area (Å²) >= 11 is 0. The van der Waals surface area contributed by atoms with E-state index in [0.717, 1.165) is 49.6 Å². The molecule has 2 N–H and O–H groups in total. The van der Waals surface area contributed by atoms with Crippen molar-refractivity contribution in [3.8, 4) is 5.75 Å². The van der Waals surface area contributed by atoms with Crippen LogP contribution in [0, 0.1) is 5.92 Å². The fourth-order valence-corrected chi connectivity index (χ4v) is 2.90. The molecule has 0 unspecified atom stereocenters. The van der Waals surface area contributed by atoms with E-state index in [-0.39, 0.29) is 0 Å². The second-order valence-corrected chi connectivity index (χ2v) is 6.13. The molecule has 1 aromatic rings. The fraction of sp³-hybridized carbons (Fsp3) is 0.706. The summed E-state index contributed by atoms with van der Waals surface area (Å²) in [6, 6.07) is 3.79. The van der Waals surface area contributed by atoms with Gasteiger partial charge < -0.3 is 15.2 Å². The van der Waals surface area contributed by atoms with Crippen molar-refractivity contribution in [1.29, 1.82) is 0 Å². The molecular weight excluding hydrogens is 264 g/mol. The van der Waals surface area contributed by atoms with Gasteiger partial charge in [0, 0.05) is 12.7 Å². The smallest absolute Gasteiger partial charge is 0.168 e. The summed E-state index contributed by atoms with van der Waals surface area (Å²) in [5.41, 5.74) is -0.606. The van der Waals surface area contributed by atoms with Crippen molar-refractivity contribution in [3.63, 3.8) is 0 Å². The summed E-state index contributed by atoms with van der Waals surface area (Å²) in [5.74, 6) is 2.28. The van der Waals surface area contributed by atoms with E-state index in [1.54, 1.807) is 6.20 Å². The standard InChI is InChI=1S/C17H28N2O2/c1-3-12-21-15-6-5-11-18-16(15)19-13-17(20)9-7-14(4-2)8-10-17/h5-6,11,14,20H,3-4,7-10,12-13H2,1-2H3,(H,18,19). The molecular formula is C17H28N2O2. The maximum atomic E-state index is 10.7. The number of nitrogens with zero attached hydrogens (tertiary/aromatic N) is 1. The summed E-state index contributed by atoms with van der Waals surface area (Å²) in [6.07, 6.45) is 7.92. The predicted molar refractivity (Wildman–Crippen MR) is 85.7 cm³/mol. The van der Waals surface area contributed by atoms with Crippen LogP contribution in [0.2, 0.25) is 0 Å². The van der Waals surface area contributed by atoms with E-state index in [1.807, 2.05) is 12.1 Å². The van der Waals surface area contributed by atoms with Gasteiger partial charge in [-0.1, -0.05) is 20.3 Å². The second kappa shape index (κ2) is 7.64. The van der Waals surface area contributed by atoms with Crippen LogP contribution in [0.25, 0.3) is 0 Å². The van der Waals surface area contributed by atoms with Crippen LogP contribution in [0.3, 0.4) is 0 Å². The minimum absolute atomic E-state index is 0.545. The number of hydrogen-bond acceptors (Lipinski definition) is 4. The van der Waals surface area contributed by atoms with Gasteiger partial charge in [-0.05, 0) is 50.2 Å². The molecule has 0 spiro atoms. The molecule has 0 bridgehead atoms. The molecule has 1 aliphatic rings. The molecule has 2 rings (SSSR count). The number of hydrogen-bond donors (Lipinski definition) is 2. The van der Waals surface area contributed by atoms with Crippen molar-refractivity contribution < 1.29 is 9.84 Å². The van der Waals surface area contributed by atoms with Crippen LogP contribution in [0.4, 0.5) is 5.82 Å². The monoisotopic (exact) mass is 292 g/mol. The van der Waals surface area contributed by atoms with Crippen LogP contribution in [-0.2, 0) is 0 Å². The van der Waals surface area contributed by atoms with Crippen molar-refractivity contribution >= 4 is 5.82 Å². The maximum Gasteiger partial charge on any atom is 0.168 e.